The van der Waals surface area contributed by atoms with Crippen molar-refractivity contribution < 1.29 is 14.3 Å². The van der Waals surface area contributed by atoms with E-state index in [0.717, 1.165) is 19.3 Å². The van der Waals surface area contributed by atoms with Gasteiger partial charge in [0.2, 0.25) is 5.91 Å². The lowest BCUT2D eigenvalue weighted by atomic mass is 10.0. The number of nitrogens with two attached hydrogens (primary N) is 1. The highest BCUT2D eigenvalue weighted by Gasteiger charge is 2.33. The first-order valence-corrected chi connectivity index (χ1v) is 5.58. The maximum Gasteiger partial charge on any atom is 0.407 e. The van der Waals surface area contributed by atoms with Crippen LogP contribution in [0.5, 0.6) is 0 Å². The minimum absolute atomic E-state index is 0.174. The molecule has 0 aromatic carbocycles. The van der Waals surface area contributed by atoms with Crippen LogP contribution in [0.25, 0.3) is 0 Å². The topological polar surface area (TPSA) is 81.4 Å². The molecule has 0 aliphatic heterocycles. The van der Waals surface area contributed by atoms with Gasteiger partial charge < -0.3 is 15.8 Å². The summed E-state index contributed by atoms with van der Waals surface area (Å²) < 4.78 is 5.13. The van der Waals surface area contributed by atoms with E-state index in [9.17, 15) is 9.59 Å². The van der Waals surface area contributed by atoms with Gasteiger partial charge in [-0.3, -0.25) is 4.79 Å². The molecule has 0 bridgehead atoms. The predicted molar refractivity (Wildman–Crippen MR) is 59.7 cm³/mol. The van der Waals surface area contributed by atoms with Crippen LogP contribution < -0.4 is 11.1 Å². The number of ether oxygens (including phenoxy) is 1. The SMILES string of the molecule is CC(C)(C)OC(=O)N[C@H]1CCC[C@H]1C(N)=O. The van der Waals surface area contributed by atoms with Crippen molar-refractivity contribution in [3.05, 3.63) is 0 Å². The summed E-state index contributed by atoms with van der Waals surface area (Å²) in [6, 6.07) is -0.174. The van der Waals surface area contributed by atoms with Gasteiger partial charge in [-0.05, 0) is 33.6 Å². The Labute approximate surface area is 95.7 Å². The van der Waals surface area contributed by atoms with E-state index in [1.54, 1.807) is 20.8 Å². The zero-order valence-electron chi connectivity index (χ0n) is 10.1. The first-order chi connectivity index (χ1) is 7.29. The van der Waals surface area contributed by atoms with Crippen LogP contribution in [0.2, 0.25) is 0 Å². The van der Waals surface area contributed by atoms with Crippen LogP contribution in [0, 0.1) is 5.92 Å². The van der Waals surface area contributed by atoms with Gasteiger partial charge in [-0.2, -0.15) is 0 Å². The number of hydrogen-bond acceptors (Lipinski definition) is 3. The Bertz CT molecular complexity index is 283. The molecular weight excluding hydrogens is 208 g/mol. The minimum Gasteiger partial charge on any atom is -0.444 e. The normalized spacial score (nSPS) is 25.2. The third-order valence-corrected chi connectivity index (χ3v) is 2.58. The molecule has 1 fully saturated rings. The Morgan fingerprint density at radius 3 is 2.44 bits per heavy atom. The van der Waals surface area contributed by atoms with E-state index in [2.05, 4.69) is 5.32 Å². The van der Waals surface area contributed by atoms with Gasteiger partial charge in [0.05, 0.1) is 5.92 Å². The first kappa shape index (κ1) is 12.8. The van der Waals surface area contributed by atoms with Gasteiger partial charge in [-0.1, -0.05) is 6.42 Å². The molecule has 0 aromatic rings. The smallest absolute Gasteiger partial charge is 0.407 e. The number of carbonyl (C=O) groups is 2. The zero-order valence-corrected chi connectivity index (χ0v) is 10.1. The van der Waals surface area contributed by atoms with Crippen molar-refractivity contribution in [1.29, 1.82) is 0 Å². The van der Waals surface area contributed by atoms with E-state index in [1.165, 1.54) is 0 Å². The summed E-state index contributed by atoms with van der Waals surface area (Å²) >= 11 is 0. The minimum atomic E-state index is -0.523. The lowest BCUT2D eigenvalue weighted by Gasteiger charge is -2.23. The summed E-state index contributed by atoms with van der Waals surface area (Å²) in [4.78, 5) is 22.6. The van der Waals surface area contributed by atoms with Gasteiger partial charge >= 0.3 is 6.09 Å². The molecule has 5 heteroatoms. The fourth-order valence-electron chi connectivity index (χ4n) is 1.93. The van der Waals surface area contributed by atoms with Crippen molar-refractivity contribution >= 4 is 12.0 Å². The molecule has 0 aromatic heterocycles. The highest BCUT2D eigenvalue weighted by Crippen LogP contribution is 2.25. The standard InChI is InChI=1S/C11H20N2O3/c1-11(2,3)16-10(15)13-8-6-4-5-7(8)9(12)14/h7-8H,4-6H2,1-3H3,(H2,12,14)(H,13,15)/t7-,8+/m1/s1. The molecule has 0 spiro atoms. The van der Waals surface area contributed by atoms with Crippen LogP contribution >= 0.6 is 0 Å². The molecule has 0 saturated heterocycles. The quantitative estimate of drug-likeness (QED) is 0.744. The molecule has 1 aliphatic rings. The van der Waals surface area contributed by atoms with E-state index >= 15 is 0 Å². The number of alkyl carbamates (subject to hydrolysis) is 1. The largest absolute Gasteiger partial charge is 0.444 e. The fourth-order valence-corrected chi connectivity index (χ4v) is 1.93. The van der Waals surface area contributed by atoms with Crippen LogP contribution in [0.1, 0.15) is 40.0 Å². The van der Waals surface area contributed by atoms with Gasteiger partial charge in [0.15, 0.2) is 0 Å². The summed E-state index contributed by atoms with van der Waals surface area (Å²) in [5, 5.41) is 2.70. The predicted octanol–water partition coefficient (Wildman–Crippen LogP) is 1.17. The number of hydrogen-bond donors (Lipinski definition) is 2. The van der Waals surface area contributed by atoms with E-state index in [0.29, 0.717) is 0 Å². The lowest BCUT2D eigenvalue weighted by molar-refractivity contribution is -0.122. The third kappa shape index (κ3) is 3.72. The highest BCUT2D eigenvalue weighted by atomic mass is 16.6. The molecule has 1 saturated carbocycles. The molecule has 0 heterocycles. The summed E-state index contributed by atoms with van der Waals surface area (Å²) in [6.07, 6.45) is 1.96. The lowest BCUT2D eigenvalue weighted by Crippen LogP contribution is -2.44. The Hall–Kier alpha value is -1.26. The summed E-state index contributed by atoms with van der Waals surface area (Å²) in [7, 11) is 0. The molecule has 1 rings (SSSR count). The molecule has 3 N–H and O–H groups in total. The monoisotopic (exact) mass is 228 g/mol. The van der Waals surface area contributed by atoms with Gasteiger partial charge in [-0.15, -0.1) is 0 Å². The van der Waals surface area contributed by atoms with Gasteiger partial charge in [-0.25, -0.2) is 4.79 Å². The second kappa shape index (κ2) is 4.72. The Kier molecular flexibility index (Phi) is 3.78. The summed E-state index contributed by atoms with van der Waals surface area (Å²) in [5.74, 6) is -0.605. The molecular formula is C11H20N2O3. The van der Waals surface area contributed by atoms with Gasteiger partial charge in [0.25, 0.3) is 0 Å². The second-order valence-electron chi connectivity index (χ2n) is 5.19. The maximum atomic E-state index is 11.5. The van der Waals surface area contributed by atoms with Crippen LogP contribution in [-0.2, 0) is 9.53 Å². The number of amides is 2. The van der Waals surface area contributed by atoms with Crippen molar-refractivity contribution in [1.82, 2.24) is 5.32 Å². The third-order valence-electron chi connectivity index (χ3n) is 2.58. The Morgan fingerprint density at radius 2 is 1.94 bits per heavy atom. The molecule has 5 nitrogen and oxygen atoms in total. The van der Waals surface area contributed by atoms with Crippen molar-refractivity contribution in [3.63, 3.8) is 0 Å². The first-order valence-electron chi connectivity index (χ1n) is 5.58. The average Bonchev–Trinajstić information content (AvgIpc) is 2.47. The van der Waals surface area contributed by atoms with E-state index < -0.39 is 11.7 Å². The maximum absolute atomic E-state index is 11.5. The molecule has 16 heavy (non-hydrogen) atoms. The van der Waals surface area contributed by atoms with Crippen molar-refractivity contribution in [2.45, 2.75) is 51.7 Å². The summed E-state index contributed by atoms with van der Waals surface area (Å²) in [5.41, 5.74) is 4.74. The average molecular weight is 228 g/mol. The van der Waals surface area contributed by atoms with Crippen LogP contribution in [-0.4, -0.2) is 23.6 Å². The molecule has 0 unspecified atom stereocenters. The van der Waals surface area contributed by atoms with Crippen LogP contribution in [0.15, 0.2) is 0 Å². The second-order valence-corrected chi connectivity index (χ2v) is 5.19. The number of primary amides is 1. The van der Waals surface area contributed by atoms with Crippen molar-refractivity contribution in [3.8, 4) is 0 Å². The molecule has 2 amide bonds. The Morgan fingerprint density at radius 1 is 1.31 bits per heavy atom. The molecule has 0 radical (unpaired) electrons. The fraction of sp³-hybridized carbons (Fsp3) is 0.818. The molecule has 92 valence electrons. The molecule has 1 aliphatic carbocycles. The summed E-state index contributed by atoms with van der Waals surface area (Å²) in [6.45, 7) is 5.40. The van der Waals surface area contributed by atoms with Crippen LogP contribution in [0.3, 0.4) is 0 Å². The Balaban J connectivity index is 2.47. The number of carbonyl (C=O) groups excluding carboxylic acids is 2. The molecule has 2 atom stereocenters. The van der Waals surface area contributed by atoms with Crippen LogP contribution in [0.4, 0.5) is 4.79 Å². The van der Waals surface area contributed by atoms with Gasteiger partial charge in [0.1, 0.15) is 5.60 Å². The highest BCUT2D eigenvalue weighted by molar-refractivity contribution is 5.79. The van der Waals surface area contributed by atoms with Crippen molar-refractivity contribution in [2.24, 2.45) is 11.7 Å². The van der Waals surface area contributed by atoms with Gasteiger partial charge in [0, 0.05) is 6.04 Å². The van der Waals surface area contributed by atoms with E-state index in [4.69, 9.17) is 10.5 Å². The van der Waals surface area contributed by atoms with E-state index in [1.807, 2.05) is 0 Å². The van der Waals surface area contributed by atoms with E-state index in [-0.39, 0.29) is 17.9 Å². The zero-order chi connectivity index (χ0) is 12.3. The van der Waals surface area contributed by atoms with Crippen molar-refractivity contribution in [2.75, 3.05) is 0 Å². The number of rotatable bonds is 2. The number of nitrogens with one attached hydrogen (secondary N) is 1.